The minimum Gasteiger partial charge on any atom is -0.230 e. The summed E-state index contributed by atoms with van der Waals surface area (Å²) in [4.78, 5) is 0. The lowest BCUT2D eigenvalue weighted by atomic mass is 9.76. The van der Waals surface area contributed by atoms with Crippen molar-refractivity contribution in [2.24, 2.45) is 11.3 Å². The molecule has 1 aromatic heterocycles. The third kappa shape index (κ3) is 1.79. The molecule has 0 bridgehead atoms. The fourth-order valence-electron chi connectivity index (χ4n) is 2.09. The van der Waals surface area contributed by atoms with E-state index in [2.05, 4.69) is 36.3 Å². The summed E-state index contributed by atoms with van der Waals surface area (Å²) in [6.45, 7) is 7.89. The molecule has 0 N–H and O–H groups in total. The molecule has 0 aliphatic carbocycles. The van der Waals surface area contributed by atoms with Crippen LogP contribution in [0.4, 0.5) is 0 Å². The molecule has 78 valence electrons. The van der Waals surface area contributed by atoms with Crippen LogP contribution in [0.5, 0.6) is 0 Å². The molecule has 1 aliphatic heterocycles. The molecular formula is C10H18N4. The average Bonchev–Trinajstić information content (AvgIpc) is 2.41. The molecule has 14 heavy (non-hydrogen) atoms. The van der Waals surface area contributed by atoms with Crippen LogP contribution in [0.15, 0.2) is 0 Å². The van der Waals surface area contributed by atoms with E-state index in [1.54, 1.807) is 0 Å². The van der Waals surface area contributed by atoms with E-state index in [1.165, 1.54) is 12.8 Å². The molecule has 4 nitrogen and oxygen atoms in total. The molecule has 0 saturated heterocycles. The monoisotopic (exact) mass is 194 g/mol. The predicted molar refractivity (Wildman–Crippen MR) is 53.7 cm³/mol. The van der Waals surface area contributed by atoms with E-state index < -0.39 is 0 Å². The highest BCUT2D eigenvalue weighted by molar-refractivity contribution is 4.90. The summed E-state index contributed by atoms with van der Waals surface area (Å²) in [5.74, 6) is 1.76. The lowest BCUT2D eigenvalue weighted by Crippen LogP contribution is -2.22. The van der Waals surface area contributed by atoms with Gasteiger partial charge in [0.05, 0.1) is 0 Å². The van der Waals surface area contributed by atoms with Crippen molar-refractivity contribution in [3.63, 3.8) is 0 Å². The van der Waals surface area contributed by atoms with Gasteiger partial charge in [-0.05, 0) is 34.6 Å². The van der Waals surface area contributed by atoms with Crippen LogP contribution in [0, 0.1) is 11.3 Å². The maximum atomic E-state index is 4.08. The van der Waals surface area contributed by atoms with Gasteiger partial charge in [0.15, 0.2) is 5.82 Å². The van der Waals surface area contributed by atoms with E-state index in [4.69, 9.17) is 0 Å². The SMILES string of the molecule is CC(C)(C)C1CCCn2nnnc2C1. The zero-order chi connectivity index (χ0) is 10.2. The van der Waals surface area contributed by atoms with Crippen LogP contribution in [0.2, 0.25) is 0 Å². The first-order chi connectivity index (χ1) is 6.57. The molecule has 4 heteroatoms. The molecule has 2 rings (SSSR count). The van der Waals surface area contributed by atoms with Crippen molar-refractivity contribution in [2.45, 2.75) is 46.6 Å². The Kier molecular flexibility index (Phi) is 2.29. The van der Waals surface area contributed by atoms with Crippen molar-refractivity contribution in [1.82, 2.24) is 20.2 Å². The minimum absolute atomic E-state index is 0.362. The summed E-state index contributed by atoms with van der Waals surface area (Å²) < 4.78 is 1.95. The predicted octanol–water partition coefficient (Wildman–Crippen LogP) is 1.67. The van der Waals surface area contributed by atoms with E-state index in [0.717, 1.165) is 18.8 Å². The molecule has 1 atom stereocenters. The van der Waals surface area contributed by atoms with E-state index in [1.807, 2.05) is 4.68 Å². The van der Waals surface area contributed by atoms with Gasteiger partial charge in [-0.2, -0.15) is 0 Å². The van der Waals surface area contributed by atoms with Crippen LogP contribution in [-0.2, 0) is 13.0 Å². The molecule has 1 aliphatic rings. The Hall–Kier alpha value is -0.930. The molecule has 0 fully saturated rings. The van der Waals surface area contributed by atoms with Gasteiger partial charge >= 0.3 is 0 Å². The van der Waals surface area contributed by atoms with Crippen LogP contribution in [-0.4, -0.2) is 20.2 Å². The number of hydrogen-bond donors (Lipinski definition) is 0. The fourth-order valence-corrected chi connectivity index (χ4v) is 2.09. The summed E-state index contributed by atoms with van der Waals surface area (Å²) in [7, 11) is 0. The van der Waals surface area contributed by atoms with Crippen LogP contribution >= 0.6 is 0 Å². The van der Waals surface area contributed by atoms with Gasteiger partial charge in [0, 0.05) is 13.0 Å². The first-order valence-electron chi connectivity index (χ1n) is 5.32. The lowest BCUT2D eigenvalue weighted by Gasteiger charge is -2.28. The Morgan fingerprint density at radius 3 is 2.86 bits per heavy atom. The van der Waals surface area contributed by atoms with E-state index in [-0.39, 0.29) is 0 Å². The average molecular weight is 194 g/mol. The minimum atomic E-state index is 0.362. The highest BCUT2D eigenvalue weighted by atomic mass is 15.5. The standard InChI is InChI=1S/C10H18N4/c1-10(2,3)8-5-4-6-14-9(7-8)11-12-13-14/h8H,4-7H2,1-3H3. The first kappa shape index (κ1) is 9.62. The second-order valence-corrected chi connectivity index (χ2v) is 5.23. The molecule has 0 aromatic carbocycles. The number of fused-ring (bicyclic) bond motifs is 1. The number of tetrazole rings is 1. The third-order valence-electron chi connectivity index (χ3n) is 3.18. The summed E-state index contributed by atoms with van der Waals surface area (Å²) in [6.07, 6.45) is 3.49. The topological polar surface area (TPSA) is 43.6 Å². The Labute approximate surface area is 84.7 Å². The normalized spacial score (nSPS) is 22.9. The largest absolute Gasteiger partial charge is 0.230 e. The van der Waals surface area contributed by atoms with Crippen LogP contribution in [0.3, 0.4) is 0 Å². The van der Waals surface area contributed by atoms with Gasteiger partial charge in [0.25, 0.3) is 0 Å². The second kappa shape index (κ2) is 3.33. The third-order valence-corrected chi connectivity index (χ3v) is 3.18. The molecule has 0 saturated carbocycles. The zero-order valence-electron chi connectivity index (χ0n) is 9.19. The van der Waals surface area contributed by atoms with Gasteiger partial charge < -0.3 is 0 Å². The van der Waals surface area contributed by atoms with Crippen molar-refractivity contribution in [2.75, 3.05) is 0 Å². The maximum absolute atomic E-state index is 4.08. The Morgan fingerprint density at radius 1 is 1.36 bits per heavy atom. The van der Waals surface area contributed by atoms with Gasteiger partial charge in [-0.3, -0.25) is 0 Å². The number of nitrogens with zero attached hydrogens (tertiary/aromatic N) is 4. The maximum Gasteiger partial charge on any atom is 0.151 e. The van der Waals surface area contributed by atoms with Gasteiger partial charge in [0.1, 0.15) is 0 Å². The fraction of sp³-hybridized carbons (Fsp3) is 0.900. The van der Waals surface area contributed by atoms with Crippen LogP contribution < -0.4 is 0 Å². The molecule has 0 radical (unpaired) electrons. The zero-order valence-corrected chi connectivity index (χ0v) is 9.19. The highest BCUT2D eigenvalue weighted by Gasteiger charge is 2.28. The highest BCUT2D eigenvalue weighted by Crippen LogP contribution is 2.33. The molecular weight excluding hydrogens is 176 g/mol. The Bertz CT molecular complexity index is 310. The van der Waals surface area contributed by atoms with Gasteiger partial charge in [-0.15, -0.1) is 5.10 Å². The lowest BCUT2D eigenvalue weighted by molar-refractivity contribution is 0.223. The molecule has 1 unspecified atom stereocenters. The van der Waals surface area contributed by atoms with E-state index in [9.17, 15) is 0 Å². The number of aryl methyl sites for hydroxylation is 1. The molecule has 2 heterocycles. The van der Waals surface area contributed by atoms with Gasteiger partial charge in [-0.25, -0.2) is 4.68 Å². The smallest absolute Gasteiger partial charge is 0.151 e. The summed E-state index contributed by atoms with van der Waals surface area (Å²) >= 11 is 0. The van der Waals surface area contributed by atoms with Gasteiger partial charge in [-0.1, -0.05) is 20.8 Å². The van der Waals surface area contributed by atoms with Crippen molar-refractivity contribution < 1.29 is 0 Å². The quantitative estimate of drug-likeness (QED) is 0.631. The second-order valence-electron chi connectivity index (χ2n) is 5.23. The Balaban J connectivity index is 2.20. The van der Waals surface area contributed by atoms with E-state index >= 15 is 0 Å². The van der Waals surface area contributed by atoms with E-state index in [0.29, 0.717) is 11.3 Å². The molecule has 0 amide bonds. The van der Waals surface area contributed by atoms with Crippen LogP contribution in [0.25, 0.3) is 0 Å². The van der Waals surface area contributed by atoms with Crippen molar-refractivity contribution in [3.05, 3.63) is 5.82 Å². The molecule has 1 aromatic rings. The summed E-state index contributed by atoms with van der Waals surface area (Å²) in [5.41, 5.74) is 0.362. The molecule has 0 spiro atoms. The van der Waals surface area contributed by atoms with Crippen LogP contribution in [0.1, 0.15) is 39.4 Å². The van der Waals surface area contributed by atoms with Crippen molar-refractivity contribution >= 4 is 0 Å². The number of hydrogen-bond acceptors (Lipinski definition) is 3. The first-order valence-corrected chi connectivity index (χ1v) is 5.32. The Morgan fingerprint density at radius 2 is 2.14 bits per heavy atom. The van der Waals surface area contributed by atoms with Crippen molar-refractivity contribution in [3.8, 4) is 0 Å². The number of aromatic nitrogens is 4. The summed E-state index contributed by atoms with van der Waals surface area (Å²) in [5, 5.41) is 11.8. The number of rotatable bonds is 0. The van der Waals surface area contributed by atoms with Gasteiger partial charge in [0.2, 0.25) is 0 Å². The summed E-state index contributed by atoms with van der Waals surface area (Å²) in [6, 6.07) is 0. The van der Waals surface area contributed by atoms with Crippen molar-refractivity contribution in [1.29, 1.82) is 0 Å².